The molecular weight excluding hydrogens is 218 g/mol. The molecule has 0 aliphatic rings. The van der Waals surface area contributed by atoms with Crippen molar-refractivity contribution in [2.45, 2.75) is 26.3 Å². The molecule has 2 N–H and O–H groups in total. The average Bonchev–Trinajstić information content (AvgIpc) is 2.48. The third-order valence-electron chi connectivity index (χ3n) is 2.26. The third kappa shape index (κ3) is 1.90. The van der Waals surface area contributed by atoms with Crippen LogP contribution in [0, 0.1) is 5.92 Å². The summed E-state index contributed by atoms with van der Waals surface area (Å²) in [6.07, 6.45) is 2.74. The van der Waals surface area contributed by atoms with Gasteiger partial charge in [0.05, 0.1) is 6.26 Å². The molecule has 1 aromatic heterocycles. The lowest BCUT2D eigenvalue weighted by atomic mass is 9.95. The maximum atomic E-state index is 6.00. The molecule has 12 heavy (non-hydrogen) atoms. The third-order valence-corrected chi connectivity index (χ3v) is 2.91. The van der Waals surface area contributed by atoms with E-state index >= 15 is 0 Å². The Hall–Kier alpha value is -0.280. The highest BCUT2D eigenvalue weighted by Gasteiger charge is 2.17. The summed E-state index contributed by atoms with van der Waals surface area (Å²) >= 11 is 3.32. The van der Waals surface area contributed by atoms with Crippen molar-refractivity contribution in [3.8, 4) is 0 Å². The van der Waals surface area contributed by atoms with Gasteiger partial charge in [-0.3, -0.25) is 0 Å². The molecule has 0 amide bonds. The maximum absolute atomic E-state index is 6.00. The predicted octanol–water partition coefficient (Wildman–Crippen LogP) is 3.09. The molecule has 2 atom stereocenters. The maximum Gasteiger partial charge on any atom is 0.173 e. The zero-order valence-corrected chi connectivity index (χ0v) is 8.97. The van der Waals surface area contributed by atoms with Crippen LogP contribution in [-0.2, 0) is 0 Å². The summed E-state index contributed by atoms with van der Waals surface area (Å²) in [5.74, 6) is 0.485. The molecule has 0 aromatic carbocycles. The van der Waals surface area contributed by atoms with Crippen molar-refractivity contribution in [3.05, 3.63) is 22.6 Å². The average molecular weight is 232 g/mol. The monoisotopic (exact) mass is 231 g/mol. The van der Waals surface area contributed by atoms with Gasteiger partial charge in [0.25, 0.3) is 0 Å². The fraction of sp³-hybridized carbons (Fsp3) is 0.556. The standard InChI is InChI=1S/C9H14BrNO/c1-3-6(2)8(11)7-4-5-12-9(7)10/h4-6,8H,3,11H2,1-2H3. The van der Waals surface area contributed by atoms with Gasteiger partial charge in [-0.25, -0.2) is 0 Å². The topological polar surface area (TPSA) is 39.2 Å². The fourth-order valence-corrected chi connectivity index (χ4v) is 1.61. The second-order valence-corrected chi connectivity index (χ2v) is 3.78. The molecule has 0 fully saturated rings. The molecule has 0 saturated heterocycles. The SMILES string of the molecule is CCC(C)C(N)c1ccoc1Br. The van der Waals surface area contributed by atoms with Crippen LogP contribution in [0.2, 0.25) is 0 Å². The second-order valence-electron chi connectivity index (χ2n) is 3.06. The minimum absolute atomic E-state index is 0.0723. The molecule has 1 rings (SSSR count). The summed E-state index contributed by atoms with van der Waals surface area (Å²) in [7, 11) is 0. The Balaban J connectivity index is 2.77. The first-order valence-corrected chi connectivity index (χ1v) is 4.94. The van der Waals surface area contributed by atoms with Gasteiger partial charge in [-0.2, -0.15) is 0 Å². The lowest BCUT2D eigenvalue weighted by Gasteiger charge is -2.16. The first-order chi connectivity index (χ1) is 5.66. The smallest absolute Gasteiger partial charge is 0.173 e. The van der Waals surface area contributed by atoms with Gasteiger partial charge in [0.2, 0.25) is 0 Å². The Kier molecular flexibility index (Phi) is 3.35. The lowest BCUT2D eigenvalue weighted by Crippen LogP contribution is -2.18. The zero-order chi connectivity index (χ0) is 9.14. The molecule has 0 spiro atoms. The molecular formula is C9H14BrNO. The van der Waals surface area contributed by atoms with E-state index < -0.39 is 0 Å². The number of nitrogens with two attached hydrogens (primary N) is 1. The fourth-order valence-electron chi connectivity index (χ4n) is 1.10. The van der Waals surface area contributed by atoms with Crippen LogP contribution < -0.4 is 5.73 Å². The number of halogens is 1. The summed E-state index contributed by atoms with van der Waals surface area (Å²) in [4.78, 5) is 0. The van der Waals surface area contributed by atoms with Crippen LogP contribution in [0.25, 0.3) is 0 Å². The van der Waals surface area contributed by atoms with E-state index in [1.807, 2.05) is 6.07 Å². The summed E-state index contributed by atoms with van der Waals surface area (Å²) in [6.45, 7) is 4.28. The van der Waals surface area contributed by atoms with E-state index in [0.717, 1.165) is 16.7 Å². The molecule has 0 bridgehead atoms. The number of furan rings is 1. The van der Waals surface area contributed by atoms with Crippen molar-refractivity contribution in [3.63, 3.8) is 0 Å². The van der Waals surface area contributed by atoms with Crippen LogP contribution in [-0.4, -0.2) is 0 Å². The van der Waals surface area contributed by atoms with Crippen LogP contribution in [0.5, 0.6) is 0 Å². The van der Waals surface area contributed by atoms with E-state index in [1.54, 1.807) is 6.26 Å². The van der Waals surface area contributed by atoms with Crippen LogP contribution in [0.3, 0.4) is 0 Å². The molecule has 2 nitrogen and oxygen atoms in total. The number of hydrogen-bond acceptors (Lipinski definition) is 2. The van der Waals surface area contributed by atoms with E-state index in [9.17, 15) is 0 Å². The Morgan fingerprint density at radius 1 is 1.67 bits per heavy atom. The second kappa shape index (κ2) is 4.10. The molecule has 0 saturated carbocycles. The van der Waals surface area contributed by atoms with Gasteiger partial charge in [-0.05, 0) is 27.9 Å². The van der Waals surface area contributed by atoms with Crippen molar-refractivity contribution in [2.75, 3.05) is 0 Å². The Morgan fingerprint density at radius 2 is 2.33 bits per heavy atom. The summed E-state index contributed by atoms with van der Waals surface area (Å²) < 4.78 is 5.88. The highest BCUT2D eigenvalue weighted by molar-refractivity contribution is 9.10. The van der Waals surface area contributed by atoms with E-state index in [2.05, 4.69) is 29.8 Å². The van der Waals surface area contributed by atoms with Gasteiger partial charge in [-0.15, -0.1) is 0 Å². The normalized spacial score (nSPS) is 16.0. The molecule has 0 aliphatic carbocycles. The van der Waals surface area contributed by atoms with Crippen LogP contribution in [0.15, 0.2) is 21.4 Å². The first kappa shape index (κ1) is 9.81. The minimum Gasteiger partial charge on any atom is -0.457 e. The predicted molar refractivity (Wildman–Crippen MR) is 52.8 cm³/mol. The molecule has 1 aromatic rings. The van der Waals surface area contributed by atoms with Crippen molar-refractivity contribution in [2.24, 2.45) is 11.7 Å². The number of hydrogen-bond donors (Lipinski definition) is 1. The van der Waals surface area contributed by atoms with E-state index in [1.165, 1.54) is 0 Å². The molecule has 3 heteroatoms. The van der Waals surface area contributed by atoms with Gasteiger partial charge in [0.15, 0.2) is 4.67 Å². The lowest BCUT2D eigenvalue weighted by molar-refractivity contribution is 0.445. The molecule has 1 heterocycles. The van der Waals surface area contributed by atoms with E-state index in [4.69, 9.17) is 10.2 Å². The van der Waals surface area contributed by atoms with Crippen molar-refractivity contribution >= 4 is 15.9 Å². The Labute approximate surface area is 81.3 Å². The summed E-state index contributed by atoms with van der Waals surface area (Å²) in [5.41, 5.74) is 7.06. The van der Waals surface area contributed by atoms with Crippen molar-refractivity contribution in [1.82, 2.24) is 0 Å². The molecule has 2 unspecified atom stereocenters. The quantitative estimate of drug-likeness (QED) is 0.869. The highest BCUT2D eigenvalue weighted by atomic mass is 79.9. The van der Waals surface area contributed by atoms with Gasteiger partial charge in [0.1, 0.15) is 0 Å². The van der Waals surface area contributed by atoms with Crippen molar-refractivity contribution in [1.29, 1.82) is 0 Å². The Bertz CT molecular complexity index is 246. The molecule has 0 radical (unpaired) electrons. The van der Waals surface area contributed by atoms with Gasteiger partial charge >= 0.3 is 0 Å². The van der Waals surface area contributed by atoms with Gasteiger partial charge in [0, 0.05) is 11.6 Å². The van der Waals surface area contributed by atoms with Gasteiger partial charge in [-0.1, -0.05) is 20.3 Å². The summed E-state index contributed by atoms with van der Waals surface area (Å²) in [5, 5.41) is 0. The molecule has 0 aliphatic heterocycles. The minimum atomic E-state index is 0.0723. The van der Waals surface area contributed by atoms with E-state index in [-0.39, 0.29) is 6.04 Å². The number of rotatable bonds is 3. The highest BCUT2D eigenvalue weighted by Crippen LogP contribution is 2.28. The summed E-state index contributed by atoms with van der Waals surface area (Å²) in [6, 6.07) is 1.99. The van der Waals surface area contributed by atoms with Crippen LogP contribution in [0.1, 0.15) is 31.9 Å². The van der Waals surface area contributed by atoms with Crippen LogP contribution >= 0.6 is 15.9 Å². The Morgan fingerprint density at radius 3 is 2.75 bits per heavy atom. The van der Waals surface area contributed by atoms with E-state index in [0.29, 0.717) is 5.92 Å². The molecule has 68 valence electrons. The largest absolute Gasteiger partial charge is 0.457 e. The zero-order valence-electron chi connectivity index (χ0n) is 7.38. The van der Waals surface area contributed by atoms with Crippen LogP contribution in [0.4, 0.5) is 0 Å². The first-order valence-electron chi connectivity index (χ1n) is 4.15. The van der Waals surface area contributed by atoms with Gasteiger partial charge < -0.3 is 10.2 Å². The van der Waals surface area contributed by atoms with Crippen molar-refractivity contribution < 1.29 is 4.42 Å².